The lowest BCUT2D eigenvalue weighted by molar-refractivity contribution is -0.118. The Morgan fingerprint density at radius 1 is 1.33 bits per heavy atom. The molecular weight excluding hydrogens is 268 g/mol. The summed E-state index contributed by atoms with van der Waals surface area (Å²) in [5.74, 6) is 1.31. The molecule has 1 aliphatic heterocycles. The van der Waals surface area contributed by atoms with E-state index in [0.717, 1.165) is 13.0 Å². The predicted octanol–water partition coefficient (Wildman–Crippen LogP) is 2.52. The van der Waals surface area contributed by atoms with Crippen LogP contribution in [0.15, 0.2) is 18.2 Å². The van der Waals surface area contributed by atoms with E-state index in [1.807, 2.05) is 0 Å². The lowest BCUT2D eigenvalue weighted by Crippen LogP contribution is -2.42. The Hall–Kier alpha value is -1.75. The largest absolute Gasteiger partial charge is 0.497 e. The van der Waals surface area contributed by atoms with E-state index in [-0.39, 0.29) is 5.91 Å². The smallest absolute Gasteiger partial charge is 0.238 e. The maximum Gasteiger partial charge on any atom is 0.238 e. The highest BCUT2D eigenvalue weighted by atomic mass is 16.5. The van der Waals surface area contributed by atoms with E-state index in [1.54, 1.807) is 32.4 Å². The van der Waals surface area contributed by atoms with Crippen LogP contribution in [-0.2, 0) is 4.79 Å². The van der Waals surface area contributed by atoms with E-state index < -0.39 is 0 Å². The normalized spacial score (nSPS) is 19.1. The van der Waals surface area contributed by atoms with Gasteiger partial charge in [-0.2, -0.15) is 0 Å². The van der Waals surface area contributed by atoms with Crippen molar-refractivity contribution in [1.82, 2.24) is 4.90 Å². The molecule has 1 aromatic carbocycles. The van der Waals surface area contributed by atoms with Crippen LogP contribution < -0.4 is 14.8 Å². The third-order valence-electron chi connectivity index (χ3n) is 3.97. The summed E-state index contributed by atoms with van der Waals surface area (Å²) in [6.45, 7) is 3.59. The Kier molecular flexibility index (Phi) is 5.44. The molecule has 5 heteroatoms. The van der Waals surface area contributed by atoms with Crippen LogP contribution in [0.1, 0.15) is 26.2 Å². The molecule has 116 valence electrons. The fraction of sp³-hybridized carbons (Fsp3) is 0.562. The number of anilines is 1. The fourth-order valence-corrected chi connectivity index (χ4v) is 2.68. The number of piperidine rings is 1. The molecule has 1 saturated heterocycles. The summed E-state index contributed by atoms with van der Waals surface area (Å²) in [6.07, 6.45) is 3.58. The van der Waals surface area contributed by atoms with E-state index >= 15 is 0 Å². The summed E-state index contributed by atoms with van der Waals surface area (Å²) < 4.78 is 10.5. The maximum atomic E-state index is 12.2. The first-order valence-corrected chi connectivity index (χ1v) is 7.40. The number of carbonyl (C=O) groups is 1. The Balaban J connectivity index is 2.01. The lowest BCUT2D eigenvalue weighted by Gasteiger charge is -2.32. The van der Waals surface area contributed by atoms with Crippen LogP contribution >= 0.6 is 0 Å². The molecule has 1 aromatic rings. The second-order valence-electron chi connectivity index (χ2n) is 5.43. The number of amides is 1. The van der Waals surface area contributed by atoms with E-state index in [1.165, 1.54) is 12.8 Å². The van der Waals surface area contributed by atoms with Gasteiger partial charge in [0, 0.05) is 12.1 Å². The third kappa shape index (κ3) is 4.11. The van der Waals surface area contributed by atoms with Crippen LogP contribution in [0.4, 0.5) is 5.69 Å². The van der Waals surface area contributed by atoms with E-state index in [2.05, 4.69) is 17.1 Å². The molecular formula is C16H24N2O3. The summed E-state index contributed by atoms with van der Waals surface area (Å²) in [5.41, 5.74) is 0.645. The standard InChI is InChI=1S/C16H24N2O3/c1-12-6-4-5-9-18(12)11-16(19)17-14-10-13(20-2)7-8-15(14)21-3/h7-8,10,12H,4-6,9,11H2,1-3H3,(H,17,19)/t12-/m0/s1. The first-order chi connectivity index (χ1) is 10.1. The van der Waals surface area contributed by atoms with Gasteiger partial charge >= 0.3 is 0 Å². The summed E-state index contributed by atoms with van der Waals surface area (Å²) in [7, 11) is 3.19. The van der Waals surface area contributed by atoms with Gasteiger partial charge in [0.15, 0.2) is 0 Å². The highest BCUT2D eigenvalue weighted by Crippen LogP contribution is 2.29. The molecule has 21 heavy (non-hydrogen) atoms. The van der Waals surface area contributed by atoms with Crippen molar-refractivity contribution in [2.24, 2.45) is 0 Å². The van der Waals surface area contributed by atoms with Crippen molar-refractivity contribution in [3.63, 3.8) is 0 Å². The fourth-order valence-electron chi connectivity index (χ4n) is 2.68. The van der Waals surface area contributed by atoms with Gasteiger partial charge in [-0.15, -0.1) is 0 Å². The van der Waals surface area contributed by atoms with Crippen molar-refractivity contribution in [1.29, 1.82) is 0 Å². The molecule has 0 aromatic heterocycles. The molecule has 1 N–H and O–H groups in total. The first-order valence-electron chi connectivity index (χ1n) is 7.40. The molecule has 2 rings (SSSR count). The number of methoxy groups -OCH3 is 2. The van der Waals surface area contributed by atoms with Crippen molar-refractivity contribution in [3.8, 4) is 11.5 Å². The summed E-state index contributed by atoms with van der Waals surface area (Å²) in [4.78, 5) is 14.5. The number of rotatable bonds is 5. The molecule has 0 aliphatic carbocycles. The van der Waals surface area contributed by atoms with Gasteiger partial charge in [0.1, 0.15) is 11.5 Å². The molecule has 1 atom stereocenters. The SMILES string of the molecule is COc1ccc(OC)c(NC(=O)CN2CCCC[C@@H]2C)c1. The number of hydrogen-bond acceptors (Lipinski definition) is 4. The molecule has 0 spiro atoms. The zero-order valence-electron chi connectivity index (χ0n) is 13.0. The number of carbonyl (C=O) groups excluding carboxylic acids is 1. The maximum absolute atomic E-state index is 12.2. The zero-order chi connectivity index (χ0) is 15.2. The second kappa shape index (κ2) is 7.31. The van der Waals surface area contributed by atoms with Crippen LogP contribution in [-0.4, -0.2) is 44.2 Å². The summed E-state index contributed by atoms with van der Waals surface area (Å²) >= 11 is 0. The molecule has 0 bridgehead atoms. The average Bonchev–Trinajstić information content (AvgIpc) is 2.49. The van der Waals surface area contributed by atoms with Crippen LogP contribution in [0.5, 0.6) is 11.5 Å². The van der Waals surface area contributed by atoms with E-state index in [4.69, 9.17) is 9.47 Å². The van der Waals surface area contributed by atoms with E-state index in [9.17, 15) is 4.79 Å². The Bertz CT molecular complexity index is 490. The Morgan fingerprint density at radius 2 is 2.14 bits per heavy atom. The number of hydrogen-bond donors (Lipinski definition) is 1. The quantitative estimate of drug-likeness (QED) is 0.906. The highest BCUT2D eigenvalue weighted by molar-refractivity contribution is 5.94. The third-order valence-corrected chi connectivity index (χ3v) is 3.97. The molecule has 1 fully saturated rings. The number of nitrogens with zero attached hydrogens (tertiary/aromatic N) is 1. The summed E-state index contributed by atoms with van der Waals surface area (Å²) in [6, 6.07) is 5.84. The van der Waals surface area contributed by atoms with Gasteiger partial charge in [-0.3, -0.25) is 9.69 Å². The van der Waals surface area contributed by atoms with Crippen molar-refractivity contribution < 1.29 is 14.3 Å². The number of likely N-dealkylation sites (tertiary alicyclic amines) is 1. The minimum absolute atomic E-state index is 0.0182. The predicted molar refractivity (Wildman–Crippen MR) is 83.1 cm³/mol. The van der Waals surface area contributed by atoms with Gasteiger partial charge in [0.05, 0.1) is 26.5 Å². The number of ether oxygens (including phenoxy) is 2. The Labute approximate surface area is 126 Å². The minimum Gasteiger partial charge on any atom is -0.497 e. The van der Waals surface area contributed by atoms with Gasteiger partial charge < -0.3 is 14.8 Å². The minimum atomic E-state index is -0.0182. The molecule has 1 aliphatic rings. The van der Waals surface area contributed by atoms with Crippen molar-refractivity contribution in [2.45, 2.75) is 32.2 Å². The molecule has 5 nitrogen and oxygen atoms in total. The first kappa shape index (κ1) is 15.6. The molecule has 0 saturated carbocycles. The monoisotopic (exact) mass is 292 g/mol. The van der Waals surface area contributed by atoms with Crippen LogP contribution in [0.2, 0.25) is 0 Å². The molecule has 0 unspecified atom stereocenters. The van der Waals surface area contributed by atoms with Gasteiger partial charge in [0.2, 0.25) is 5.91 Å². The van der Waals surface area contributed by atoms with Gasteiger partial charge in [-0.05, 0) is 38.4 Å². The zero-order valence-corrected chi connectivity index (χ0v) is 13.0. The molecule has 0 radical (unpaired) electrons. The number of nitrogens with one attached hydrogen (secondary N) is 1. The molecule has 1 heterocycles. The van der Waals surface area contributed by atoms with Crippen LogP contribution in [0.3, 0.4) is 0 Å². The van der Waals surface area contributed by atoms with Gasteiger partial charge in [-0.25, -0.2) is 0 Å². The highest BCUT2D eigenvalue weighted by Gasteiger charge is 2.21. The van der Waals surface area contributed by atoms with Gasteiger partial charge in [0.25, 0.3) is 0 Å². The van der Waals surface area contributed by atoms with Crippen LogP contribution in [0, 0.1) is 0 Å². The topological polar surface area (TPSA) is 50.8 Å². The van der Waals surface area contributed by atoms with Crippen molar-refractivity contribution in [2.75, 3.05) is 32.6 Å². The summed E-state index contributed by atoms with van der Waals surface area (Å²) in [5, 5.41) is 2.92. The second-order valence-corrected chi connectivity index (χ2v) is 5.43. The Morgan fingerprint density at radius 3 is 2.81 bits per heavy atom. The number of benzene rings is 1. The van der Waals surface area contributed by atoms with Crippen molar-refractivity contribution in [3.05, 3.63) is 18.2 Å². The van der Waals surface area contributed by atoms with E-state index in [0.29, 0.717) is 29.8 Å². The van der Waals surface area contributed by atoms with Gasteiger partial charge in [-0.1, -0.05) is 6.42 Å². The molecule has 1 amide bonds. The van der Waals surface area contributed by atoms with Crippen molar-refractivity contribution >= 4 is 11.6 Å². The lowest BCUT2D eigenvalue weighted by atomic mass is 10.0. The average molecular weight is 292 g/mol. The van der Waals surface area contributed by atoms with Crippen LogP contribution in [0.25, 0.3) is 0 Å².